The van der Waals surface area contributed by atoms with Gasteiger partial charge in [0.1, 0.15) is 13.0 Å². The van der Waals surface area contributed by atoms with Crippen LogP contribution in [0.15, 0.2) is 5.28 Å². The van der Waals surface area contributed by atoms with Crippen molar-refractivity contribution in [2.75, 3.05) is 13.0 Å². The molecule has 0 amide bonds. The zero-order valence-corrected chi connectivity index (χ0v) is 6.26. The van der Waals surface area contributed by atoms with E-state index < -0.39 is 5.50 Å². The van der Waals surface area contributed by atoms with E-state index in [1.165, 1.54) is 7.11 Å². The first-order chi connectivity index (χ1) is 4.22. The van der Waals surface area contributed by atoms with Crippen molar-refractivity contribution < 1.29 is 9.70 Å². The molecule has 0 aliphatic heterocycles. The van der Waals surface area contributed by atoms with Gasteiger partial charge in [0, 0.05) is 0 Å². The summed E-state index contributed by atoms with van der Waals surface area (Å²) < 4.78 is 0. The normalized spacial score (nSPS) is 15.2. The summed E-state index contributed by atoms with van der Waals surface area (Å²) in [6.07, 6.45) is 0. The molecule has 0 spiro atoms. The minimum absolute atomic E-state index is 0.0118. The highest BCUT2D eigenvalue weighted by Crippen LogP contribution is 1.99. The second-order valence-corrected chi connectivity index (χ2v) is 1.97. The molecule has 0 heterocycles. The van der Waals surface area contributed by atoms with Crippen LogP contribution in [-0.4, -0.2) is 23.4 Å². The molecule has 1 atom stereocenters. The molecule has 0 aliphatic rings. The van der Waals surface area contributed by atoms with Crippen LogP contribution in [-0.2, 0) is 4.84 Å². The summed E-state index contributed by atoms with van der Waals surface area (Å²) in [5, 5.41) is 13.3. The third-order valence-electron chi connectivity index (χ3n) is 0.529. The molecular weight excluding hydrogens is 167 g/mol. The molecule has 0 fully saturated rings. The molecule has 0 N–H and O–H groups in total. The first-order valence-corrected chi connectivity index (χ1v) is 3.10. The number of hydrogen-bond acceptors (Lipinski definition) is 3. The van der Waals surface area contributed by atoms with Gasteiger partial charge < -0.3 is 10.0 Å². The fourth-order valence-corrected chi connectivity index (χ4v) is 0.344. The van der Waals surface area contributed by atoms with E-state index in [0.717, 1.165) is 0 Å². The number of hydroxylamine groups is 1. The highest BCUT2D eigenvalue weighted by atomic mass is 35.5. The summed E-state index contributed by atoms with van der Waals surface area (Å²) in [5.74, 6) is 0.0118. The van der Waals surface area contributed by atoms with Crippen molar-refractivity contribution >= 4 is 23.2 Å². The van der Waals surface area contributed by atoms with Crippen LogP contribution in [0.5, 0.6) is 0 Å². The molecule has 4 nitrogen and oxygen atoms in total. The molecule has 6 heteroatoms. The quantitative estimate of drug-likeness (QED) is 0.212. The average molecular weight is 173 g/mol. The maximum atomic E-state index is 10.4. The standard InChI is InChI=1S/C3H6Cl2N2O2/c1-9-6-7(8)3(5)2-4/h3H,2H2,1H3. The number of hydrogen-bond donors (Lipinski definition) is 0. The molecule has 0 radical (unpaired) electrons. The van der Waals surface area contributed by atoms with Gasteiger partial charge in [-0.1, -0.05) is 0 Å². The van der Waals surface area contributed by atoms with E-state index in [1.807, 2.05) is 0 Å². The Labute approximate surface area is 62.5 Å². The van der Waals surface area contributed by atoms with Crippen molar-refractivity contribution in [3.05, 3.63) is 5.21 Å². The maximum absolute atomic E-state index is 10.4. The van der Waals surface area contributed by atoms with Gasteiger partial charge in [0.15, 0.2) is 0 Å². The second kappa shape index (κ2) is 4.64. The summed E-state index contributed by atoms with van der Waals surface area (Å²) in [5.41, 5.74) is -0.855. The first-order valence-electron chi connectivity index (χ1n) is 2.13. The van der Waals surface area contributed by atoms with Crippen molar-refractivity contribution in [1.29, 1.82) is 0 Å². The molecule has 0 rings (SSSR count). The third-order valence-corrected chi connectivity index (χ3v) is 1.30. The Balaban J connectivity index is 3.70. The van der Waals surface area contributed by atoms with Gasteiger partial charge in [0.05, 0.1) is 0 Å². The van der Waals surface area contributed by atoms with E-state index in [1.54, 1.807) is 0 Å². The van der Waals surface area contributed by atoms with Gasteiger partial charge in [-0.2, -0.15) is 0 Å². The summed E-state index contributed by atoms with van der Waals surface area (Å²) >= 11 is 10.5. The van der Waals surface area contributed by atoms with Crippen LogP contribution in [0.4, 0.5) is 0 Å². The Morgan fingerprint density at radius 1 is 1.89 bits per heavy atom. The van der Waals surface area contributed by atoms with Crippen molar-refractivity contribution in [1.82, 2.24) is 0 Å². The monoisotopic (exact) mass is 172 g/mol. The third kappa shape index (κ3) is 3.37. The van der Waals surface area contributed by atoms with Gasteiger partial charge >= 0.3 is 0 Å². The lowest BCUT2D eigenvalue weighted by Gasteiger charge is -2.00. The van der Waals surface area contributed by atoms with Gasteiger partial charge in [-0.3, -0.25) is 0 Å². The smallest absolute Gasteiger partial charge is 0.280 e. The Bertz CT molecular complexity index is 108. The lowest BCUT2D eigenvalue weighted by atomic mass is 10.8. The molecule has 0 aromatic carbocycles. The molecule has 0 saturated heterocycles. The number of rotatable bonds is 3. The molecule has 54 valence electrons. The average Bonchev–Trinajstić information content (AvgIpc) is 1.87. The first kappa shape index (κ1) is 8.78. The van der Waals surface area contributed by atoms with Crippen LogP contribution in [0.1, 0.15) is 0 Å². The van der Waals surface area contributed by atoms with E-state index >= 15 is 0 Å². The highest BCUT2D eigenvalue weighted by molar-refractivity contribution is 6.27. The van der Waals surface area contributed by atoms with Crippen LogP contribution in [0.25, 0.3) is 0 Å². The number of alkyl halides is 2. The molecule has 9 heavy (non-hydrogen) atoms. The fourth-order valence-electron chi connectivity index (χ4n) is 0.191. The molecule has 1 unspecified atom stereocenters. The number of halogens is 2. The van der Waals surface area contributed by atoms with Crippen molar-refractivity contribution in [2.24, 2.45) is 5.28 Å². The van der Waals surface area contributed by atoms with Crippen LogP contribution >= 0.6 is 23.2 Å². The van der Waals surface area contributed by atoms with Crippen LogP contribution < -0.4 is 0 Å². The predicted molar refractivity (Wildman–Crippen MR) is 33.4 cm³/mol. The Morgan fingerprint density at radius 2 is 2.44 bits per heavy atom. The number of nitrogens with zero attached hydrogens (tertiary/aromatic N) is 2. The molecule has 0 aliphatic carbocycles. The van der Waals surface area contributed by atoms with E-state index in [2.05, 4.69) is 10.1 Å². The van der Waals surface area contributed by atoms with E-state index in [0.29, 0.717) is 0 Å². The maximum Gasteiger partial charge on any atom is 0.280 e. The van der Waals surface area contributed by atoms with Crippen molar-refractivity contribution in [3.63, 3.8) is 0 Å². The lowest BCUT2D eigenvalue weighted by Crippen LogP contribution is -2.14. The predicted octanol–water partition coefficient (Wildman–Crippen LogP) is 1.31. The Kier molecular flexibility index (Phi) is 4.53. The topological polar surface area (TPSA) is 47.7 Å². The van der Waals surface area contributed by atoms with E-state index in [9.17, 15) is 5.21 Å². The molecule has 0 bridgehead atoms. The molecule has 0 aromatic heterocycles. The van der Waals surface area contributed by atoms with Gasteiger partial charge in [0.25, 0.3) is 5.50 Å². The summed E-state index contributed by atoms with van der Waals surface area (Å²) in [6, 6.07) is 0. The van der Waals surface area contributed by atoms with Crippen molar-refractivity contribution in [2.45, 2.75) is 5.50 Å². The largest absolute Gasteiger partial charge is 0.596 e. The zero-order valence-electron chi connectivity index (χ0n) is 4.75. The van der Waals surface area contributed by atoms with Gasteiger partial charge in [-0.25, -0.2) is 0 Å². The second-order valence-electron chi connectivity index (χ2n) is 1.16. The minimum atomic E-state index is -0.855. The zero-order chi connectivity index (χ0) is 7.28. The van der Waals surface area contributed by atoms with E-state index in [4.69, 9.17) is 23.2 Å². The highest BCUT2D eigenvalue weighted by Gasteiger charge is 2.11. The van der Waals surface area contributed by atoms with Crippen LogP contribution in [0.2, 0.25) is 0 Å². The van der Waals surface area contributed by atoms with E-state index in [-0.39, 0.29) is 10.7 Å². The summed E-state index contributed by atoms with van der Waals surface area (Å²) in [6.45, 7) is 0. The van der Waals surface area contributed by atoms with Crippen molar-refractivity contribution in [3.8, 4) is 0 Å². The fraction of sp³-hybridized carbons (Fsp3) is 1.00. The molecular formula is C3H6Cl2N2O2. The van der Waals surface area contributed by atoms with Crippen LogP contribution in [0, 0.1) is 5.21 Å². The van der Waals surface area contributed by atoms with Gasteiger partial charge in [0.2, 0.25) is 5.28 Å². The SMILES string of the molecule is CON=[N+]([O-])C(Cl)CCl. The van der Waals surface area contributed by atoms with Gasteiger partial charge in [-0.15, -0.1) is 11.6 Å². The Hall–Kier alpha value is -0.220. The summed E-state index contributed by atoms with van der Waals surface area (Å²) in [7, 11) is 1.25. The molecule has 0 saturated carbocycles. The van der Waals surface area contributed by atoms with Gasteiger partial charge in [-0.05, 0) is 16.5 Å². The lowest BCUT2D eigenvalue weighted by molar-refractivity contribution is -0.568. The summed E-state index contributed by atoms with van der Waals surface area (Å²) in [4.78, 5) is 4.31. The Morgan fingerprint density at radius 3 is 2.78 bits per heavy atom. The molecule has 0 aromatic rings. The minimum Gasteiger partial charge on any atom is -0.596 e. The van der Waals surface area contributed by atoms with Crippen LogP contribution in [0.3, 0.4) is 0 Å².